The van der Waals surface area contributed by atoms with Crippen molar-refractivity contribution in [1.82, 2.24) is 20.3 Å². The lowest BCUT2D eigenvalue weighted by Gasteiger charge is -2.17. The van der Waals surface area contributed by atoms with Crippen LogP contribution in [0.1, 0.15) is 44.5 Å². The van der Waals surface area contributed by atoms with Crippen molar-refractivity contribution in [2.45, 2.75) is 59.2 Å². The van der Waals surface area contributed by atoms with Gasteiger partial charge in [0.05, 0.1) is 17.4 Å². The molecule has 0 aliphatic heterocycles. The third-order valence-corrected chi connectivity index (χ3v) is 3.65. The molecule has 4 nitrogen and oxygen atoms in total. The molecule has 2 aromatic rings. The van der Waals surface area contributed by atoms with Crippen LogP contribution in [0.5, 0.6) is 0 Å². The Hall–Kier alpha value is -1.68. The summed E-state index contributed by atoms with van der Waals surface area (Å²) in [6, 6.07) is 8.96. The van der Waals surface area contributed by atoms with E-state index in [1.54, 1.807) is 0 Å². The lowest BCUT2D eigenvalue weighted by atomic mass is 10.0. The summed E-state index contributed by atoms with van der Waals surface area (Å²) in [5.74, 6) is 0. The summed E-state index contributed by atoms with van der Waals surface area (Å²) in [7, 11) is 0. The fourth-order valence-corrected chi connectivity index (χ4v) is 2.23. The fraction of sp³-hybridized carbons (Fsp3) is 0.529. The molecule has 1 aromatic heterocycles. The first kappa shape index (κ1) is 15.7. The van der Waals surface area contributed by atoms with Crippen molar-refractivity contribution in [2.24, 2.45) is 0 Å². The zero-order chi connectivity index (χ0) is 15.5. The molecule has 2 rings (SSSR count). The Balaban J connectivity index is 1.88. The molecule has 0 bridgehead atoms. The molecule has 0 fully saturated rings. The van der Waals surface area contributed by atoms with E-state index in [2.05, 4.69) is 74.5 Å². The van der Waals surface area contributed by atoms with Crippen molar-refractivity contribution in [1.29, 1.82) is 0 Å². The lowest BCUT2D eigenvalue weighted by Crippen LogP contribution is -2.28. The predicted molar refractivity (Wildman–Crippen MR) is 86.2 cm³/mol. The van der Waals surface area contributed by atoms with Crippen LogP contribution in [0.2, 0.25) is 0 Å². The van der Waals surface area contributed by atoms with Crippen molar-refractivity contribution in [2.75, 3.05) is 0 Å². The SMILES string of the molecule is Cc1ccccc1CC(C)NCc1cn(C(C)(C)C)nn1. The van der Waals surface area contributed by atoms with Crippen LogP contribution in [-0.4, -0.2) is 21.0 Å². The molecule has 0 saturated heterocycles. The van der Waals surface area contributed by atoms with Gasteiger partial charge in [-0.1, -0.05) is 29.5 Å². The first-order valence-corrected chi connectivity index (χ1v) is 7.56. The average Bonchev–Trinajstić information content (AvgIpc) is 2.88. The molecule has 1 atom stereocenters. The Morgan fingerprint density at radius 1 is 1.24 bits per heavy atom. The highest BCUT2D eigenvalue weighted by molar-refractivity contribution is 5.26. The minimum Gasteiger partial charge on any atom is -0.308 e. The van der Waals surface area contributed by atoms with Crippen LogP contribution in [0.25, 0.3) is 0 Å². The lowest BCUT2D eigenvalue weighted by molar-refractivity contribution is 0.347. The molecule has 1 aromatic carbocycles. The molecule has 1 heterocycles. The molecule has 1 unspecified atom stereocenters. The topological polar surface area (TPSA) is 42.7 Å². The van der Waals surface area contributed by atoms with Crippen LogP contribution in [-0.2, 0) is 18.5 Å². The van der Waals surface area contributed by atoms with Gasteiger partial charge in [-0.3, -0.25) is 0 Å². The van der Waals surface area contributed by atoms with E-state index in [-0.39, 0.29) is 5.54 Å². The summed E-state index contributed by atoms with van der Waals surface area (Å²) in [6.45, 7) is 11.5. The Morgan fingerprint density at radius 3 is 2.57 bits per heavy atom. The van der Waals surface area contributed by atoms with Crippen molar-refractivity contribution < 1.29 is 0 Å². The highest BCUT2D eigenvalue weighted by Crippen LogP contribution is 2.12. The molecule has 0 aliphatic carbocycles. The van der Waals surface area contributed by atoms with E-state index in [0.29, 0.717) is 6.04 Å². The third kappa shape index (κ3) is 4.39. The third-order valence-electron chi connectivity index (χ3n) is 3.65. The van der Waals surface area contributed by atoms with Crippen LogP contribution < -0.4 is 5.32 Å². The molecule has 1 N–H and O–H groups in total. The Bertz CT molecular complexity index is 580. The van der Waals surface area contributed by atoms with Gasteiger partial charge < -0.3 is 5.32 Å². The molecule has 21 heavy (non-hydrogen) atoms. The summed E-state index contributed by atoms with van der Waals surface area (Å²) < 4.78 is 1.91. The van der Waals surface area contributed by atoms with E-state index < -0.39 is 0 Å². The van der Waals surface area contributed by atoms with Crippen LogP contribution in [0.4, 0.5) is 0 Å². The van der Waals surface area contributed by atoms with Gasteiger partial charge in [0.2, 0.25) is 0 Å². The smallest absolute Gasteiger partial charge is 0.0965 e. The van der Waals surface area contributed by atoms with Gasteiger partial charge >= 0.3 is 0 Å². The maximum absolute atomic E-state index is 4.23. The molecule has 0 saturated carbocycles. The van der Waals surface area contributed by atoms with Crippen LogP contribution >= 0.6 is 0 Å². The van der Waals surface area contributed by atoms with Crippen LogP contribution in [0.3, 0.4) is 0 Å². The number of hydrogen-bond donors (Lipinski definition) is 1. The van der Waals surface area contributed by atoms with Crippen molar-refractivity contribution in [3.05, 3.63) is 47.3 Å². The zero-order valence-electron chi connectivity index (χ0n) is 13.7. The number of aryl methyl sites for hydroxylation is 1. The van der Waals surface area contributed by atoms with Gasteiger partial charge in [0.15, 0.2) is 0 Å². The summed E-state index contributed by atoms with van der Waals surface area (Å²) in [5.41, 5.74) is 3.72. The van der Waals surface area contributed by atoms with Crippen LogP contribution in [0.15, 0.2) is 30.5 Å². The van der Waals surface area contributed by atoms with Crippen molar-refractivity contribution >= 4 is 0 Å². The first-order valence-electron chi connectivity index (χ1n) is 7.56. The van der Waals surface area contributed by atoms with Gasteiger partial charge in [0, 0.05) is 12.6 Å². The molecule has 0 spiro atoms. The molecule has 0 amide bonds. The highest BCUT2D eigenvalue weighted by atomic mass is 15.4. The second-order valence-electron chi connectivity index (χ2n) is 6.74. The quantitative estimate of drug-likeness (QED) is 0.918. The minimum atomic E-state index is -0.0159. The van der Waals surface area contributed by atoms with E-state index in [0.717, 1.165) is 18.7 Å². The number of nitrogens with zero attached hydrogens (tertiary/aromatic N) is 3. The zero-order valence-corrected chi connectivity index (χ0v) is 13.7. The average molecular weight is 286 g/mol. The van der Waals surface area contributed by atoms with Gasteiger partial charge in [-0.25, -0.2) is 4.68 Å². The molecule has 0 aliphatic rings. The molecule has 4 heteroatoms. The molecule has 114 valence electrons. The monoisotopic (exact) mass is 286 g/mol. The first-order chi connectivity index (χ1) is 9.86. The van der Waals surface area contributed by atoms with Gasteiger partial charge in [-0.2, -0.15) is 0 Å². The number of aromatic nitrogens is 3. The van der Waals surface area contributed by atoms with Gasteiger partial charge in [-0.05, 0) is 52.2 Å². The predicted octanol–water partition coefficient (Wildman–Crippen LogP) is 3.06. The van der Waals surface area contributed by atoms with E-state index in [4.69, 9.17) is 0 Å². The van der Waals surface area contributed by atoms with E-state index >= 15 is 0 Å². The highest BCUT2D eigenvalue weighted by Gasteiger charge is 2.15. The second kappa shape index (κ2) is 6.39. The number of benzene rings is 1. The standard InChI is InChI=1S/C17H26N4/c1-13-8-6-7-9-15(13)10-14(2)18-11-16-12-21(20-19-16)17(3,4)5/h6-9,12,14,18H,10-11H2,1-5H3. The molecular weight excluding hydrogens is 260 g/mol. The van der Waals surface area contributed by atoms with Crippen molar-refractivity contribution in [3.8, 4) is 0 Å². The molecular formula is C17H26N4. The Labute approximate surface area is 127 Å². The summed E-state index contributed by atoms with van der Waals surface area (Å²) >= 11 is 0. The summed E-state index contributed by atoms with van der Waals surface area (Å²) in [4.78, 5) is 0. The Kier molecular flexibility index (Phi) is 4.78. The number of hydrogen-bond acceptors (Lipinski definition) is 3. The van der Waals surface area contributed by atoms with Crippen LogP contribution in [0, 0.1) is 6.92 Å². The summed E-state index contributed by atoms with van der Waals surface area (Å²) in [5, 5.41) is 11.9. The second-order valence-corrected chi connectivity index (χ2v) is 6.74. The van der Waals surface area contributed by atoms with Crippen molar-refractivity contribution in [3.63, 3.8) is 0 Å². The molecule has 0 radical (unpaired) electrons. The Morgan fingerprint density at radius 2 is 1.95 bits per heavy atom. The van der Waals surface area contributed by atoms with Gasteiger partial charge in [0.25, 0.3) is 0 Å². The number of rotatable bonds is 5. The fourth-order valence-electron chi connectivity index (χ4n) is 2.23. The largest absolute Gasteiger partial charge is 0.308 e. The maximum Gasteiger partial charge on any atom is 0.0965 e. The summed E-state index contributed by atoms with van der Waals surface area (Å²) in [6.07, 6.45) is 3.05. The van der Waals surface area contributed by atoms with E-state index in [1.807, 2.05) is 10.9 Å². The van der Waals surface area contributed by atoms with E-state index in [9.17, 15) is 0 Å². The van der Waals surface area contributed by atoms with Gasteiger partial charge in [0.1, 0.15) is 0 Å². The van der Waals surface area contributed by atoms with Gasteiger partial charge in [-0.15, -0.1) is 5.10 Å². The normalized spacial score (nSPS) is 13.4. The minimum absolute atomic E-state index is 0.0159. The van der Waals surface area contributed by atoms with E-state index in [1.165, 1.54) is 11.1 Å². The number of nitrogens with one attached hydrogen (secondary N) is 1. The maximum atomic E-state index is 4.23.